The molecule has 3 aliphatic rings. The normalized spacial score (nSPS) is 27.3. The second-order valence-electron chi connectivity index (χ2n) is 8.45. The summed E-state index contributed by atoms with van der Waals surface area (Å²) in [7, 11) is 0. The largest absolute Gasteiger partial charge is 0.468 e. The first kappa shape index (κ1) is 21.1. The second-order valence-corrected chi connectivity index (χ2v) is 8.86. The number of morpholine rings is 1. The van der Waals surface area contributed by atoms with E-state index >= 15 is 4.39 Å². The number of hydrogen-bond acceptors (Lipinski definition) is 7. The van der Waals surface area contributed by atoms with Gasteiger partial charge in [-0.2, -0.15) is 4.39 Å². The highest BCUT2D eigenvalue weighted by Crippen LogP contribution is 2.36. The molecule has 1 unspecified atom stereocenters. The number of nitrogens with zero attached hydrogens (tertiary/aromatic N) is 2. The van der Waals surface area contributed by atoms with Crippen molar-refractivity contribution in [3.05, 3.63) is 41.2 Å². The van der Waals surface area contributed by atoms with Crippen molar-refractivity contribution < 1.29 is 28.4 Å². The number of rotatable bonds is 4. The lowest BCUT2D eigenvalue weighted by Crippen LogP contribution is -2.36. The molecule has 0 aliphatic carbocycles. The molecule has 3 aromatic rings. The third kappa shape index (κ3) is 3.74. The summed E-state index contributed by atoms with van der Waals surface area (Å²) in [4.78, 5) is 9.68. The Bertz CT molecular complexity index is 1170. The number of fused-ring (bicyclic) bond motifs is 2. The third-order valence-corrected chi connectivity index (χ3v) is 6.69. The zero-order valence-electron chi connectivity index (χ0n) is 17.7. The maximum Gasteiger partial charge on any atom is 0.231 e. The van der Waals surface area contributed by atoms with Crippen LogP contribution < -0.4 is 9.64 Å². The van der Waals surface area contributed by atoms with Crippen LogP contribution in [-0.2, 0) is 14.2 Å². The molecule has 4 atom stereocenters. The van der Waals surface area contributed by atoms with Crippen molar-refractivity contribution >= 4 is 28.3 Å². The van der Waals surface area contributed by atoms with Crippen LogP contribution in [-0.4, -0.2) is 79.0 Å². The summed E-state index contributed by atoms with van der Waals surface area (Å²) >= 11 is 6.51. The molecule has 0 radical (unpaired) electrons. The van der Waals surface area contributed by atoms with Crippen molar-refractivity contribution in [2.75, 3.05) is 44.4 Å². The summed E-state index contributed by atoms with van der Waals surface area (Å²) in [5.74, 6) is -0.650. The predicted molar refractivity (Wildman–Crippen MR) is 119 cm³/mol. The lowest BCUT2D eigenvalue weighted by Gasteiger charge is -2.28. The van der Waals surface area contributed by atoms with E-state index < -0.39 is 30.2 Å². The number of aromatic amines is 1. The Kier molecular flexibility index (Phi) is 5.38. The van der Waals surface area contributed by atoms with Crippen LogP contribution in [0.25, 0.3) is 22.3 Å². The zero-order valence-corrected chi connectivity index (χ0v) is 18.4. The molecule has 0 spiro atoms. The standard InChI is InChI=1S/C23H23ClFN3O5/c24-14-9-15-20(18(25)23(26-15)33-17-11-32-21-16(29)10-31-22(17)21)27-19(14)12-1-3-13(4-2-12)28-5-7-30-8-6-28/h1-4,9,16-17,21-22,26,29H,5-8,10-11H2/t16-,17-,21?,22-/m1/s1. The first-order valence-electron chi connectivity index (χ1n) is 11.0. The molecular weight excluding hydrogens is 453 g/mol. The van der Waals surface area contributed by atoms with E-state index in [1.165, 1.54) is 0 Å². The van der Waals surface area contributed by atoms with E-state index in [1.54, 1.807) is 6.07 Å². The van der Waals surface area contributed by atoms with Gasteiger partial charge in [0.1, 0.15) is 23.8 Å². The van der Waals surface area contributed by atoms with Crippen molar-refractivity contribution in [1.29, 1.82) is 0 Å². The predicted octanol–water partition coefficient (Wildman–Crippen LogP) is 2.76. The van der Waals surface area contributed by atoms with Gasteiger partial charge in [-0.3, -0.25) is 0 Å². The summed E-state index contributed by atoms with van der Waals surface area (Å²) in [6.45, 7) is 3.50. The van der Waals surface area contributed by atoms with E-state index in [0.29, 0.717) is 29.4 Å². The SMILES string of the molecule is O[C@@H]1CO[C@H]2C1OC[C@H]2Oc1[nH]c2cc(Cl)c(-c3ccc(N4CCOCC4)cc3)nc2c1F. The second kappa shape index (κ2) is 8.41. The number of anilines is 1. The molecule has 8 nitrogen and oxygen atoms in total. The van der Waals surface area contributed by atoms with E-state index in [1.807, 2.05) is 24.3 Å². The molecule has 3 aliphatic heterocycles. The van der Waals surface area contributed by atoms with E-state index in [0.717, 1.165) is 24.3 Å². The molecule has 2 aromatic heterocycles. The third-order valence-electron chi connectivity index (χ3n) is 6.40. The molecule has 0 saturated carbocycles. The van der Waals surface area contributed by atoms with Crippen molar-refractivity contribution in [3.63, 3.8) is 0 Å². The van der Waals surface area contributed by atoms with Crippen LogP contribution in [0.3, 0.4) is 0 Å². The fraction of sp³-hybridized carbons (Fsp3) is 0.435. The van der Waals surface area contributed by atoms with Gasteiger partial charge in [-0.25, -0.2) is 4.98 Å². The maximum atomic E-state index is 15.2. The van der Waals surface area contributed by atoms with Crippen LogP contribution in [0.1, 0.15) is 0 Å². The number of H-pyrrole nitrogens is 1. The number of benzene rings is 1. The number of aliphatic hydroxyl groups is 1. The molecule has 3 saturated heterocycles. The van der Waals surface area contributed by atoms with Crippen molar-refractivity contribution in [2.24, 2.45) is 0 Å². The first-order chi connectivity index (χ1) is 16.1. The molecule has 2 N–H and O–H groups in total. The average molecular weight is 476 g/mol. The van der Waals surface area contributed by atoms with Gasteiger partial charge in [-0.1, -0.05) is 23.7 Å². The number of ether oxygens (including phenoxy) is 4. The molecule has 0 amide bonds. The van der Waals surface area contributed by atoms with Crippen LogP contribution in [0, 0.1) is 5.82 Å². The first-order valence-corrected chi connectivity index (χ1v) is 11.3. The number of nitrogens with one attached hydrogen (secondary N) is 1. The Labute approximate surface area is 194 Å². The van der Waals surface area contributed by atoms with Gasteiger partial charge in [0.15, 0.2) is 6.10 Å². The molecular formula is C23H23ClFN3O5. The van der Waals surface area contributed by atoms with Gasteiger partial charge in [0.2, 0.25) is 11.7 Å². The number of aliphatic hydroxyl groups excluding tert-OH is 1. The molecule has 3 fully saturated rings. The molecule has 1 aromatic carbocycles. The highest BCUT2D eigenvalue weighted by atomic mass is 35.5. The van der Waals surface area contributed by atoms with Crippen LogP contribution in [0.4, 0.5) is 10.1 Å². The highest BCUT2D eigenvalue weighted by molar-refractivity contribution is 6.33. The fourth-order valence-corrected chi connectivity index (χ4v) is 4.93. The smallest absolute Gasteiger partial charge is 0.231 e. The summed E-state index contributed by atoms with van der Waals surface area (Å²) in [5, 5.41) is 10.3. The number of pyridine rings is 1. The molecule has 0 bridgehead atoms. The monoisotopic (exact) mass is 475 g/mol. The summed E-state index contributed by atoms with van der Waals surface area (Å²) < 4.78 is 37.6. The number of aromatic nitrogens is 2. The Morgan fingerprint density at radius 3 is 2.67 bits per heavy atom. The zero-order chi connectivity index (χ0) is 22.5. The van der Waals surface area contributed by atoms with Crippen LogP contribution in [0.15, 0.2) is 30.3 Å². The molecule has 174 valence electrons. The average Bonchev–Trinajstić information content (AvgIpc) is 3.50. The summed E-state index contributed by atoms with van der Waals surface area (Å²) in [6.07, 6.45) is -2.13. The summed E-state index contributed by atoms with van der Waals surface area (Å²) in [5.41, 5.74) is 2.96. The van der Waals surface area contributed by atoms with Crippen LogP contribution in [0.5, 0.6) is 5.88 Å². The van der Waals surface area contributed by atoms with E-state index in [-0.39, 0.29) is 24.6 Å². The Balaban J connectivity index is 1.27. The van der Waals surface area contributed by atoms with E-state index in [2.05, 4.69) is 14.9 Å². The minimum Gasteiger partial charge on any atom is -0.468 e. The minimum absolute atomic E-state index is 0.0485. The van der Waals surface area contributed by atoms with Gasteiger partial charge >= 0.3 is 0 Å². The minimum atomic E-state index is -0.700. The number of hydrogen-bond donors (Lipinski definition) is 2. The van der Waals surface area contributed by atoms with Crippen molar-refractivity contribution in [3.8, 4) is 17.1 Å². The highest BCUT2D eigenvalue weighted by Gasteiger charge is 2.48. The van der Waals surface area contributed by atoms with Gasteiger partial charge < -0.3 is 33.9 Å². The topological polar surface area (TPSA) is 89.1 Å². The molecule has 33 heavy (non-hydrogen) atoms. The fourth-order valence-electron chi connectivity index (χ4n) is 4.67. The Morgan fingerprint density at radius 2 is 1.88 bits per heavy atom. The van der Waals surface area contributed by atoms with Crippen LogP contribution in [0.2, 0.25) is 5.02 Å². The van der Waals surface area contributed by atoms with Gasteiger partial charge in [0, 0.05) is 24.3 Å². The van der Waals surface area contributed by atoms with Crippen molar-refractivity contribution in [2.45, 2.75) is 24.4 Å². The van der Waals surface area contributed by atoms with E-state index in [9.17, 15) is 5.11 Å². The van der Waals surface area contributed by atoms with Crippen LogP contribution >= 0.6 is 11.6 Å². The van der Waals surface area contributed by atoms with Gasteiger partial charge in [-0.05, 0) is 18.2 Å². The summed E-state index contributed by atoms with van der Waals surface area (Å²) in [6, 6.07) is 9.54. The lowest BCUT2D eigenvalue weighted by molar-refractivity contribution is 0.00723. The molecule has 10 heteroatoms. The molecule has 5 heterocycles. The van der Waals surface area contributed by atoms with Crippen molar-refractivity contribution in [1.82, 2.24) is 9.97 Å². The Hall–Kier alpha value is -2.43. The molecule has 6 rings (SSSR count). The quantitative estimate of drug-likeness (QED) is 0.599. The van der Waals surface area contributed by atoms with Gasteiger partial charge in [0.25, 0.3) is 0 Å². The van der Waals surface area contributed by atoms with Gasteiger partial charge in [-0.15, -0.1) is 0 Å². The van der Waals surface area contributed by atoms with E-state index in [4.69, 9.17) is 30.5 Å². The maximum absolute atomic E-state index is 15.2. The Morgan fingerprint density at radius 1 is 1.12 bits per heavy atom. The lowest BCUT2D eigenvalue weighted by atomic mass is 10.1. The number of halogens is 2. The van der Waals surface area contributed by atoms with Gasteiger partial charge in [0.05, 0.1) is 42.7 Å².